The van der Waals surface area contributed by atoms with Crippen molar-refractivity contribution in [2.24, 2.45) is 0 Å². The van der Waals surface area contributed by atoms with Gasteiger partial charge in [0.15, 0.2) is 0 Å². The predicted molar refractivity (Wildman–Crippen MR) is 132 cm³/mol. The fourth-order valence-corrected chi connectivity index (χ4v) is 5.65. The fourth-order valence-electron chi connectivity index (χ4n) is 5.65. The fraction of sp³-hybridized carbons (Fsp3) is 0.310. The lowest BCUT2D eigenvalue weighted by Crippen LogP contribution is -2.43. The summed E-state index contributed by atoms with van der Waals surface area (Å²) in [6.07, 6.45) is 4.72. The molecule has 2 atom stereocenters. The molecule has 2 aromatic carbocycles. The van der Waals surface area contributed by atoms with E-state index in [1.54, 1.807) is 35.5 Å². The highest BCUT2D eigenvalue weighted by Gasteiger charge is 2.55. The molecule has 0 unspecified atom stereocenters. The van der Waals surface area contributed by atoms with Crippen LogP contribution in [0.3, 0.4) is 0 Å². The number of rotatable bonds is 6. The van der Waals surface area contributed by atoms with Crippen LogP contribution in [0.1, 0.15) is 54.0 Å². The summed E-state index contributed by atoms with van der Waals surface area (Å²) >= 11 is 0. The van der Waals surface area contributed by atoms with E-state index in [4.69, 9.17) is 0 Å². The number of pyridine rings is 1. The first-order valence-electron chi connectivity index (χ1n) is 12.2. The van der Waals surface area contributed by atoms with Crippen LogP contribution in [0.2, 0.25) is 0 Å². The van der Waals surface area contributed by atoms with Gasteiger partial charge in [0, 0.05) is 31.8 Å². The second-order valence-electron chi connectivity index (χ2n) is 9.69. The highest BCUT2D eigenvalue weighted by Crippen LogP contribution is 2.43. The Morgan fingerprint density at radius 3 is 2.58 bits per heavy atom. The predicted octanol–water partition coefficient (Wildman–Crippen LogP) is 4.48. The lowest BCUT2D eigenvalue weighted by atomic mass is 9.73. The summed E-state index contributed by atoms with van der Waals surface area (Å²) in [6, 6.07) is 17.1. The number of halogens is 1. The highest BCUT2D eigenvalue weighted by molar-refractivity contribution is 6.10. The maximum absolute atomic E-state index is 14.0. The number of aryl methyl sites for hydroxylation is 1. The zero-order valence-electron chi connectivity index (χ0n) is 20.2. The highest BCUT2D eigenvalue weighted by atomic mass is 19.1. The summed E-state index contributed by atoms with van der Waals surface area (Å²) < 4.78 is 13.5. The molecule has 0 N–H and O–H groups in total. The van der Waals surface area contributed by atoms with Crippen LogP contribution in [0.5, 0.6) is 0 Å². The molecule has 1 aromatic heterocycles. The molecule has 0 bridgehead atoms. The molecular weight excluding hydrogens is 457 g/mol. The number of imide groups is 1. The second kappa shape index (κ2) is 9.64. The van der Waals surface area contributed by atoms with Gasteiger partial charge in [0.1, 0.15) is 5.82 Å². The van der Waals surface area contributed by atoms with Crippen LogP contribution in [0, 0.1) is 12.7 Å². The Kier molecular flexibility index (Phi) is 6.39. The largest absolute Gasteiger partial charge is 0.336 e. The van der Waals surface area contributed by atoms with Crippen molar-refractivity contribution in [2.45, 2.75) is 50.6 Å². The molecule has 7 heteroatoms. The third-order valence-electron chi connectivity index (χ3n) is 7.41. The number of likely N-dealkylation sites (tertiary alicyclic amines) is 2. The Hall–Kier alpha value is -3.87. The minimum Gasteiger partial charge on any atom is -0.336 e. The van der Waals surface area contributed by atoms with Crippen molar-refractivity contribution >= 4 is 17.7 Å². The smallest absolute Gasteiger partial charge is 0.241 e. The van der Waals surface area contributed by atoms with Gasteiger partial charge in [-0.05, 0) is 60.2 Å². The first-order valence-corrected chi connectivity index (χ1v) is 12.2. The molecule has 3 amide bonds. The molecule has 2 fully saturated rings. The van der Waals surface area contributed by atoms with Gasteiger partial charge in [-0.2, -0.15) is 0 Å². The number of aromatic nitrogens is 1. The third kappa shape index (κ3) is 4.30. The van der Waals surface area contributed by atoms with Gasteiger partial charge in [-0.15, -0.1) is 0 Å². The summed E-state index contributed by atoms with van der Waals surface area (Å²) in [7, 11) is 0. The quantitative estimate of drug-likeness (QED) is 0.483. The Morgan fingerprint density at radius 2 is 1.86 bits per heavy atom. The van der Waals surface area contributed by atoms with Gasteiger partial charge < -0.3 is 4.90 Å². The van der Waals surface area contributed by atoms with Crippen LogP contribution in [-0.2, 0) is 26.3 Å². The van der Waals surface area contributed by atoms with E-state index in [9.17, 15) is 18.8 Å². The van der Waals surface area contributed by atoms with E-state index >= 15 is 0 Å². The van der Waals surface area contributed by atoms with E-state index in [1.807, 2.05) is 37.3 Å². The van der Waals surface area contributed by atoms with Crippen molar-refractivity contribution in [3.05, 3.63) is 101 Å². The number of hydrogen-bond acceptors (Lipinski definition) is 4. The topological polar surface area (TPSA) is 70.6 Å². The van der Waals surface area contributed by atoms with Crippen molar-refractivity contribution < 1.29 is 18.8 Å². The van der Waals surface area contributed by atoms with E-state index in [0.29, 0.717) is 12.1 Å². The first kappa shape index (κ1) is 23.9. The molecule has 3 heterocycles. The van der Waals surface area contributed by atoms with E-state index in [2.05, 4.69) is 4.98 Å². The van der Waals surface area contributed by atoms with Crippen LogP contribution in [-0.4, -0.2) is 39.1 Å². The van der Waals surface area contributed by atoms with Gasteiger partial charge >= 0.3 is 0 Å². The maximum atomic E-state index is 14.0. The SMILES string of the molecule is Cc1ccccc1[C@]1(CC(=O)N2CCC[C@@H]2c2ccc(F)cc2)CC(=O)N(Cc2cccnc2)C1=O. The summed E-state index contributed by atoms with van der Waals surface area (Å²) in [5, 5.41) is 0. The van der Waals surface area contributed by atoms with Crippen molar-refractivity contribution in [1.82, 2.24) is 14.8 Å². The Morgan fingerprint density at radius 1 is 1.08 bits per heavy atom. The summed E-state index contributed by atoms with van der Waals surface area (Å²) in [5.41, 5.74) is 1.94. The van der Waals surface area contributed by atoms with E-state index < -0.39 is 5.41 Å². The standard InChI is InChI=1S/C29H28FN3O3/c1-20-6-2-3-8-24(20)29(17-27(35)33(28(29)36)19-21-7-4-14-31-18-21)16-26(34)32-15-5-9-25(32)22-10-12-23(30)13-11-22/h2-4,6-8,10-14,18,25H,5,9,15-17,19H2,1H3/t25-,29+/m1/s1. The van der Waals surface area contributed by atoms with Gasteiger partial charge in [-0.1, -0.05) is 42.5 Å². The number of carbonyl (C=O) groups excluding carboxylic acids is 3. The first-order chi connectivity index (χ1) is 17.4. The molecule has 184 valence electrons. The van der Waals surface area contributed by atoms with Crippen molar-refractivity contribution in [3.8, 4) is 0 Å². The third-order valence-corrected chi connectivity index (χ3v) is 7.41. The number of carbonyl (C=O) groups is 3. The second-order valence-corrected chi connectivity index (χ2v) is 9.69. The van der Waals surface area contributed by atoms with Gasteiger partial charge in [-0.25, -0.2) is 4.39 Å². The average molecular weight is 486 g/mol. The van der Waals surface area contributed by atoms with Gasteiger partial charge in [-0.3, -0.25) is 24.3 Å². The molecule has 2 aliphatic heterocycles. The van der Waals surface area contributed by atoms with Gasteiger partial charge in [0.05, 0.1) is 18.0 Å². The molecule has 0 radical (unpaired) electrons. The van der Waals surface area contributed by atoms with Crippen molar-refractivity contribution in [2.75, 3.05) is 6.54 Å². The Balaban J connectivity index is 1.48. The monoisotopic (exact) mass is 485 g/mol. The van der Waals surface area contributed by atoms with Gasteiger partial charge in [0.2, 0.25) is 17.7 Å². The number of nitrogens with zero attached hydrogens (tertiary/aromatic N) is 3. The van der Waals surface area contributed by atoms with Crippen LogP contribution >= 0.6 is 0 Å². The molecule has 5 rings (SSSR count). The lowest BCUT2D eigenvalue weighted by Gasteiger charge is -2.32. The average Bonchev–Trinajstić information content (AvgIpc) is 3.45. The molecule has 0 aliphatic carbocycles. The molecule has 3 aromatic rings. The van der Waals surface area contributed by atoms with Crippen LogP contribution in [0.4, 0.5) is 4.39 Å². The number of benzene rings is 2. The summed E-state index contributed by atoms with van der Waals surface area (Å²) in [4.78, 5) is 48.2. The zero-order chi connectivity index (χ0) is 25.3. The molecule has 36 heavy (non-hydrogen) atoms. The Bertz CT molecular complexity index is 1290. The van der Waals surface area contributed by atoms with Crippen molar-refractivity contribution in [3.63, 3.8) is 0 Å². The normalized spacial score (nSPS) is 21.9. The van der Waals surface area contributed by atoms with Crippen LogP contribution in [0.25, 0.3) is 0 Å². The number of amides is 3. The molecule has 0 saturated carbocycles. The lowest BCUT2D eigenvalue weighted by molar-refractivity contribution is -0.143. The van der Waals surface area contributed by atoms with Gasteiger partial charge in [0.25, 0.3) is 0 Å². The number of hydrogen-bond donors (Lipinski definition) is 0. The summed E-state index contributed by atoms with van der Waals surface area (Å²) in [5.74, 6) is -1.14. The maximum Gasteiger partial charge on any atom is 0.241 e. The van der Waals surface area contributed by atoms with E-state index in [0.717, 1.165) is 29.5 Å². The molecule has 0 spiro atoms. The minimum atomic E-state index is -1.27. The van der Waals surface area contributed by atoms with Crippen LogP contribution in [0.15, 0.2) is 73.1 Å². The molecule has 2 saturated heterocycles. The zero-order valence-corrected chi connectivity index (χ0v) is 20.2. The summed E-state index contributed by atoms with van der Waals surface area (Å²) in [6.45, 7) is 2.59. The molecule has 2 aliphatic rings. The molecule has 6 nitrogen and oxygen atoms in total. The van der Waals surface area contributed by atoms with Crippen molar-refractivity contribution in [1.29, 1.82) is 0 Å². The van der Waals surface area contributed by atoms with Crippen LogP contribution < -0.4 is 0 Å². The Labute approximate surface area is 209 Å². The minimum absolute atomic E-state index is 0.0578. The van der Waals surface area contributed by atoms with E-state index in [-0.39, 0.29) is 49.0 Å². The van der Waals surface area contributed by atoms with E-state index in [1.165, 1.54) is 17.0 Å². The molecular formula is C29H28FN3O3.